The Hall–Kier alpha value is -2.58. The number of nitriles is 1. The number of nitrogens with one attached hydrogen (secondary N) is 2. The van der Waals surface area contributed by atoms with E-state index in [9.17, 15) is 4.79 Å². The van der Waals surface area contributed by atoms with Crippen molar-refractivity contribution in [1.82, 2.24) is 0 Å². The van der Waals surface area contributed by atoms with E-state index in [1.54, 1.807) is 12.1 Å². The van der Waals surface area contributed by atoms with Crippen LogP contribution in [0.15, 0.2) is 64.8 Å². The van der Waals surface area contributed by atoms with Crippen molar-refractivity contribution in [2.45, 2.75) is 6.92 Å². The summed E-state index contributed by atoms with van der Waals surface area (Å²) in [7, 11) is 0. The average molecular weight is 356 g/mol. The van der Waals surface area contributed by atoms with Crippen molar-refractivity contribution in [1.29, 1.82) is 5.26 Å². The van der Waals surface area contributed by atoms with Crippen LogP contribution in [0.25, 0.3) is 0 Å². The molecule has 110 valence electrons. The lowest BCUT2D eigenvalue weighted by molar-refractivity contribution is -0.112. The van der Waals surface area contributed by atoms with Gasteiger partial charge in [0.05, 0.1) is 0 Å². The minimum atomic E-state index is -0.450. The third-order valence-electron chi connectivity index (χ3n) is 2.88. The molecule has 0 spiro atoms. The number of aryl methyl sites for hydroxylation is 1. The van der Waals surface area contributed by atoms with Gasteiger partial charge < -0.3 is 10.6 Å². The Labute approximate surface area is 137 Å². The summed E-state index contributed by atoms with van der Waals surface area (Å²) in [4.78, 5) is 12.1. The molecule has 4 nitrogen and oxygen atoms in total. The summed E-state index contributed by atoms with van der Waals surface area (Å²) >= 11 is 3.36. The molecule has 0 saturated heterocycles. The van der Waals surface area contributed by atoms with Crippen LogP contribution in [-0.4, -0.2) is 5.91 Å². The van der Waals surface area contributed by atoms with Gasteiger partial charge in [0, 0.05) is 22.0 Å². The third kappa shape index (κ3) is 4.47. The molecule has 0 fully saturated rings. The molecular formula is C17H14BrN3O. The molecule has 0 atom stereocenters. The van der Waals surface area contributed by atoms with Gasteiger partial charge in [0.2, 0.25) is 0 Å². The van der Waals surface area contributed by atoms with Gasteiger partial charge in [-0.15, -0.1) is 0 Å². The van der Waals surface area contributed by atoms with E-state index in [-0.39, 0.29) is 5.57 Å². The van der Waals surface area contributed by atoms with Crippen LogP contribution in [0.3, 0.4) is 0 Å². The monoisotopic (exact) mass is 355 g/mol. The molecule has 0 aromatic heterocycles. The molecule has 2 aromatic carbocycles. The molecule has 5 heteroatoms. The first-order chi connectivity index (χ1) is 10.6. The number of nitrogens with zero attached hydrogens (tertiary/aromatic N) is 1. The Bertz CT molecular complexity index is 745. The summed E-state index contributed by atoms with van der Waals surface area (Å²) in [5.74, 6) is -0.450. The standard InChI is InChI=1S/C17H14BrN3O/c1-12-5-7-15(8-6-12)21-17(22)13(10-19)11-20-16-4-2-3-14(18)9-16/h2-9,11,20H,1H3,(H,21,22)/b13-11-. The highest BCUT2D eigenvalue weighted by Gasteiger charge is 2.09. The lowest BCUT2D eigenvalue weighted by Gasteiger charge is -2.06. The number of anilines is 2. The first-order valence-electron chi connectivity index (χ1n) is 6.59. The molecule has 2 N–H and O–H groups in total. The number of halogens is 1. The van der Waals surface area contributed by atoms with E-state index >= 15 is 0 Å². The van der Waals surface area contributed by atoms with E-state index in [2.05, 4.69) is 26.6 Å². The van der Waals surface area contributed by atoms with Crippen LogP contribution in [0.5, 0.6) is 0 Å². The van der Waals surface area contributed by atoms with Crippen molar-refractivity contribution in [3.05, 3.63) is 70.3 Å². The van der Waals surface area contributed by atoms with Gasteiger partial charge in [0.1, 0.15) is 11.6 Å². The summed E-state index contributed by atoms with van der Waals surface area (Å²) in [5, 5.41) is 14.7. The number of hydrogen-bond acceptors (Lipinski definition) is 3. The highest BCUT2D eigenvalue weighted by molar-refractivity contribution is 9.10. The zero-order valence-corrected chi connectivity index (χ0v) is 13.5. The second-order valence-electron chi connectivity index (χ2n) is 4.64. The Morgan fingerprint density at radius 2 is 1.91 bits per heavy atom. The lowest BCUT2D eigenvalue weighted by Crippen LogP contribution is -2.14. The molecule has 0 radical (unpaired) electrons. The van der Waals surface area contributed by atoms with Crippen molar-refractivity contribution in [3.8, 4) is 6.07 Å². The maximum Gasteiger partial charge on any atom is 0.267 e. The van der Waals surface area contributed by atoms with Crippen LogP contribution < -0.4 is 10.6 Å². The fourth-order valence-electron chi connectivity index (χ4n) is 1.72. The smallest absolute Gasteiger partial charge is 0.267 e. The van der Waals surface area contributed by atoms with Crippen LogP contribution >= 0.6 is 15.9 Å². The van der Waals surface area contributed by atoms with Crippen molar-refractivity contribution in [3.63, 3.8) is 0 Å². The second-order valence-corrected chi connectivity index (χ2v) is 5.56. The summed E-state index contributed by atoms with van der Waals surface area (Å²) in [6.07, 6.45) is 1.39. The fraction of sp³-hybridized carbons (Fsp3) is 0.0588. The van der Waals surface area contributed by atoms with Gasteiger partial charge in [-0.1, -0.05) is 39.7 Å². The number of carbonyl (C=O) groups excluding carboxylic acids is 1. The first kappa shape index (κ1) is 15.8. The minimum absolute atomic E-state index is 0.000510. The summed E-state index contributed by atoms with van der Waals surface area (Å²) < 4.78 is 0.911. The number of rotatable bonds is 4. The molecule has 1 amide bonds. The van der Waals surface area contributed by atoms with Crippen molar-refractivity contribution < 1.29 is 4.79 Å². The summed E-state index contributed by atoms with van der Waals surface area (Å²) in [6, 6.07) is 16.7. The molecule has 0 aliphatic rings. The molecule has 0 aliphatic heterocycles. The Morgan fingerprint density at radius 1 is 1.18 bits per heavy atom. The SMILES string of the molecule is Cc1ccc(NC(=O)/C(C#N)=C\Nc2cccc(Br)c2)cc1. The fourth-order valence-corrected chi connectivity index (χ4v) is 2.12. The number of amides is 1. The van der Waals surface area contributed by atoms with Crippen molar-refractivity contribution in [2.75, 3.05) is 10.6 Å². The van der Waals surface area contributed by atoms with Gasteiger partial charge in [-0.3, -0.25) is 4.79 Å². The van der Waals surface area contributed by atoms with E-state index in [1.165, 1.54) is 6.20 Å². The van der Waals surface area contributed by atoms with Gasteiger partial charge in [-0.2, -0.15) is 5.26 Å². The largest absolute Gasteiger partial charge is 0.360 e. The molecular weight excluding hydrogens is 342 g/mol. The summed E-state index contributed by atoms with van der Waals surface area (Å²) in [5.41, 5.74) is 2.54. The lowest BCUT2D eigenvalue weighted by atomic mass is 10.2. The van der Waals surface area contributed by atoms with Gasteiger partial charge >= 0.3 is 0 Å². The van der Waals surface area contributed by atoms with Gasteiger partial charge in [-0.25, -0.2) is 0 Å². The van der Waals surface area contributed by atoms with Crippen LogP contribution in [0.1, 0.15) is 5.56 Å². The van der Waals surface area contributed by atoms with Crippen LogP contribution in [0, 0.1) is 18.3 Å². The highest BCUT2D eigenvalue weighted by atomic mass is 79.9. The second kappa shape index (κ2) is 7.43. The normalized spacial score (nSPS) is 10.7. The highest BCUT2D eigenvalue weighted by Crippen LogP contribution is 2.16. The average Bonchev–Trinajstić information content (AvgIpc) is 2.50. The minimum Gasteiger partial charge on any atom is -0.360 e. The van der Waals surface area contributed by atoms with Gasteiger partial charge in [0.25, 0.3) is 5.91 Å². The molecule has 0 aliphatic carbocycles. The van der Waals surface area contributed by atoms with Crippen LogP contribution in [0.2, 0.25) is 0 Å². The molecule has 0 saturated carbocycles. The zero-order valence-electron chi connectivity index (χ0n) is 11.9. The predicted molar refractivity (Wildman–Crippen MR) is 91.3 cm³/mol. The van der Waals surface area contributed by atoms with Crippen LogP contribution in [-0.2, 0) is 4.79 Å². The summed E-state index contributed by atoms with van der Waals surface area (Å²) in [6.45, 7) is 1.97. The zero-order chi connectivity index (χ0) is 15.9. The molecule has 22 heavy (non-hydrogen) atoms. The first-order valence-corrected chi connectivity index (χ1v) is 7.38. The van der Waals surface area contributed by atoms with Crippen molar-refractivity contribution >= 4 is 33.2 Å². The topological polar surface area (TPSA) is 64.9 Å². The molecule has 0 bridgehead atoms. The number of hydrogen-bond donors (Lipinski definition) is 2. The van der Waals surface area contributed by atoms with E-state index in [4.69, 9.17) is 5.26 Å². The molecule has 2 rings (SSSR count). The predicted octanol–water partition coefficient (Wildman–Crippen LogP) is 4.22. The van der Waals surface area contributed by atoms with E-state index in [0.29, 0.717) is 5.69 Å². The molecule has 2 aromatic rings. The maximum atomic E-state index is 12.1. The van der Waals surface area contributed by atoms with E-state index in [0.717, 1.165) is 15.7 Å². The van der Waals surface area contributed by atoms with E-state index < -0.39 is 5.91 Å². The van der Waals surface area contributed by atoms with Gasteiger partial charge in [-0.05, 0) is 37.3 Å². The number of benzene rings is 2. The van der Waals surface area contributed by atoms with Crippen LogP contribution in [0.4, 0.5) is 11.4 Å². The number of carbonyl (C=O) groups is 1. The van der Waals surface area contributed by atoms with Crippen molar-refractivity contribution in [2.24, 2.45) is 0 Å². The molecule has 0 unspecified atom stereocenters. The third-order valence-corrected chi connectivity index (χ3v) is 3.38. The maximum absolute atomic E-state index is 12.1. The van der Waals surface area contributed by atoms with E-state index in [1.807, 2.05) is 49.4 Å². The van der Waals surface area contributed by atoms with Gasteiger partial charge in [0.15, 0.2) is 0 Å². The Kier molecular flexibility index (Phi) is 5.34. The quantitative estimate of drug-likeness (QED) is 0.637. The Balaban J connectivity index is 2.07. The Morgan fingerprint density at radius 3 is 2.55 bits per heavy atom. The molecule has 0 heterocycles.